The van der Waals surface area contributed by atoms with Crippen LogP contribution in [0.4, 0.5) is 0 Å². The van der Waals surface area contributed by atoms with E-state index in [2.05, 4.69) is 12.1 Å². The van der Waals surface area contributed by atoms with Crippen molar-refractivity contribution in [3.63, 3.8) is 0 Å². The highest BCUT2D eigenvalue weighted by Crippen LogP contribution is 2.30. The van der Waals surface area contributed by atoms with Crippen LogP contribution in [0.25, 0.3) is 0 Å². The molecule has 0 spiro atoms. The van der Waals surface area contributed by atoms with Gasteiger partial charge in [0.2, 0.25) is 0 Å². The normalized spacial score (nSPS) is 17.0. The second kappa shape index (κ2) is 4.65. The first kappa shape index (κ1) is 11.0. The van der Waals surface area contributed by atoms with Crippen LogP contribution < -0.4 is 4.74 Å². The molecule has 0 N–H and O–H groups in total. The minimum absolute atomic E-state index is 0.185. The lowest BCUT2D eigenvalue weighted by molar-refractivity contribution is 0.112. The summed E-state index contributed by atoms with van der Waals surface area (Å²) in [5, 5.41) is 0. The first-order chi connectivity index (χ1) is 8.85. The molecule has 0 bridgehead atoms. The molecule has 2 aromatic rings. The van der Waals surface area contributed by atoms with E-state index in [1.807, 2.05) is 30.3 Å². The maximum absolute atomic E-state index is 10.7. The number of carbonyl (C=O) groups excluding carboxylic acids is 1. The Balaban J connectivity index is 1.75. The molecule has 0 amide bonds. The zero-order valence-electron chi connectivity index (χ0n) is 10.0. The van der Waals surface area contributed by atoms with E-state index in [-0.39, 0.29) is 6.10 Å². The molecule has 2 aromatic carbocycles. The Bertz CT molecular complexity index is 561. The van der Waals surface area contributed by atoms with E-state index in [0.29, 0.717) is 0 Å². The summed E-state index contributed by atoms with van der Waals surface area (Å²) >= 11 is 0. The van der Waals surface area contributed by atoms with E-state index in [1.165, 1.54) is 5.56 Å². The smallest absolute Gasteiger partial charge is 0.150 e. The van der Waals surface area contributed by atoms with Crippen molar-refractivity contribution in [2.45, 2.75) is 18.9 Å². The SMILES string of the molecule is O=Cc1ccc2c(c1)C[C@@H](Cc1ccccc1)O2. The van der Waals surface area contributed by atoms with E-state index in [9.17, 15) is 4.79 Å². The van der Waals surface area contributed by atoms with E-state index < -0.39 is 0 Å². The number of hydrogen-bond acceptors (Lipinski definition) is 2. The molecule has 1 aliphatic rings. The predicted octanol–water partition coefficient (Wildman–Crippen LogP) is 3.05. The van der Waals surface area contributed by atoms with Gasteiger partial charge in [0, 0.05) is 18.4 Å². The Morgan fingerprint density at radius 2 is 2.00 bits per heavy atom. The highest BCUT2D eigenvalue weighted by Gasteiger charge is 2.23. The van der Waals surface area contributed by atoms with Gasteiger partial charge in [0.05, 0.1) is 0 Å². The van der Waals surface area contributed by atoms with Gasteiger partial charge in [0.15, 0.2) is 0 Å². The van der Waals surface area contributed by atoms with Crippen molar-refractivity contribution in [1.82, 2.24) is 0 Å². The minimum Gasteiger partial charge on any atom is -0.489 e. The highest BCUT2D eigenvalue weighted by molar-refractivity contribution is 5.75. The molecule has 0 saturated carbocycles. The van der Waals surface area contributed by atoms with Crippen LogP contribution in [0, 0.1) is 0 Å². The summed E-state index contributed by atoms with van der Waals surface area (Å²) in [6, 6.07) is 16.0. The number of aldehydes is 1. The van der Waals surface area contributed by atoms with Gasteiger partial charge in [-0.05, 0) is 29.3 Å². The molecule has 1 atom stereocenters. The van der Waals surface area contributed by atoms with Gasteiger partial charge < -0.3 is 4.74 Å². The van der Waals surface area contributed by atoms with E-state index in [4.69, 9.17) is 4.74 Å². The first-order valence-corrected chi connectivity index (χ1v) is 6.14. The Hall–Kier alpha value is -2.09. The third kappa shape index (κ3) is 2.14. The summed E-state index contributed by atoms with van der Waals surface area (Å²) < 4.78 is 5.89. The molecule has 90 valence electrons. The Labute approximate surface area is 106 Å². The molecule has 0 aromatic heterocycles. The van der Waals surface area contributed by atoms with E-state index in [0.717, 1.165) is 36.0 Å². The Kier molecular flexibility index (Phi) is 2.85. The fourth-order valence-corrected chi connectivity index (χ4v) is 2.40. The van der Waals surface area contributed by atoms with Crippen molar-refractivity contribution in [3.8, 4) is 5.75 Å². The van der Waals surface area contributed by atoms with Crippen molar-refractivity contribution < 1.29 is 9.53 Å². The van der Waals surface area contributed by atoms with Crippen LogP contribution in [0.15, 0.2) is 48.5 Å². The minimum atomic E-state index is 0.185. The molecule has 0 aliphatic carbocycles. The van der Waals surface area contributed by atoms with Crippen molar-refractivity contribution in [3.05, 3.63) is 65.2 Å². The molecule has 18 heavy (non-hydrogen) atoms. The van der Waals surface area contributed by atoms with Gasteiger partial charge in [-0.15, -0.1) is 0 Å². The molecule has 0 saturated heterocycles. The summed E-state index contributed by atoms with van der Waals surface area (Å²) in [5.74, 6) is 0.918. The average molecular weight is 238 g/mol. The van der Waals surface area contributed by atoms with Gasteiger partial charge in [-0.25, -0.2) is 0 Å². The second-order valence-corrected chi connectivity index (χ2v) is 4.62. The van der Waals surface area contributed by atoms with Gasteiger partial charge in [-0.2, -0.15) is 0 Å². The third-order valence-electron chi connectivity index (χ3n) is 3.27. The molecule has 2 nitrogen and oxygen atoms in total. The lowest BCUT2D eigenvalue weighted by Crippen LogP contribution is -2.16. The second-order valence-electron chi connectivity index (χ2n) is 4.62. The van der Waals surface area contributed by atoms with Gasteiger partial charge in [0.1, 0.15) is 18.1 Å². The fraction of sp³-hybridized carbons (Fsp3) is 0.188. The summed E-state index contributed by atoms with van der Waals surface area (Å²) in [7, 11) is 0. The highest BCUT2D eigenvalue weighted by atomic mass is 16.5. The molecular formula is C16H14O2. The quantitative estimate of drug-likeness (QED) is 0.768. The van der Waals surface area contributed by atoms with Gasteiger partial charge in [-0.1, -0.05) is 30.3 Å². The Morgan fingerprint density at radius 3 is 2.78 bits per heavy atom. The number of hydrogen-bond donors (Lipinski definition) is 0. The van der Waals surface area contributed by atoms with Crippen LogP contribution >= 0.6 is 0 Å². The maximum Gasteiger partial charge on any atom is 0.150 e. The summed E-state index contributed by atoms with van der Waals surface area (Å²) in [5.41, 5.74) is 3.14. The summed E-state index contributed by atoms with van der Waals surface area (Å²) in [6.07, 6.45) is 2.85. The van der Waals surface area contributed by atoms with Crippen LogP contribution in [0.1, 0.15) is 21.5 Å². The van der Waals surface area contributed by atoms with Crippen molar-refractivity contribution in [1.29, 1.82) is 0 Å². The molecular weight excluding hydrogens is 224 g/mol. The van der Waals surface area contributed by atoms with Crippen molar-refractivity contribution >= 4 is 6.29 Å². The summed E-state index contributed by atoms with van der Waals surface area (Å²) in [4.78, 5) is 10.7. The average Bonchev–Trinajstić information content (AvgIpc) is 2.80. The number of ether oxygens (including phenoxy) is 1. The molecule has 1 heterocycles. The van der Waals surface area contributed by atoms with Crippen LogP contribution in [0.5, 0.6) is 5.75 Å². The van der Waals surface area contributed by atoms with E-state index >= 15 is 0 Å². The molecule has 3 rings (SSSR count). The standard InChI is InChI=1S/C16H14O2/c17-11-13-6-7-16-14(8-13)10-15(18-16)9-12-4-2-1-3-5-12/h1-8,11,15H,9-10H2/t15-/m1/s1. The monoisotopic (exact) mass is 238 g/mol. The number of rotatable bonds is 3. The first-order valence-electron chi connectivity index (χ1n) is 6.14. The number of carbonyl (C=O) groups is 1. The summed E-state index contributed by atoms with van der Waals surface area (Å²) in [6.45, 7) is 0. The van der Waals surface area contributed by atoms with Crippen LogP contribution in [0.3, 0.4) is 0 Å². The number of benzene rings is 2. The molecule has 1 aliphatic heterocycles. The van der Waals surface area contributed by atoms with Crippen LogP contribution in [-0.4, -0.2) is 12.4 Å². The number of fused-ring (bicyclic) bond motifs is 1. The maximum atomic E-state index is 10.7. The largest absolute Gasteiger partial charge is 0.489 e. The van der Waals surface area contributed by atoms with Crippen molar-refractivity contribution in [2.24, 2.45) is 0 Å². The lowest BCUT2D eigenvalue weighted by Gasteiger charge is -2.10. The van der Waals surface area contributed by atoms with Crippen molar-refractivity contribution in [2.75, 3.05) is 0 Å². The third-order valence-corrected chi connectivity index (χ3v) is 3.27. The lowest BCUT2D eigenvalue weighted by atomic mass is 10.0. The van der Waals surface area contributed by atoms with Gasteiger partial charge in [-0.3, -0.25) is 4.79 Å². The molecule has 0 radical (unpaired) electrons. The zero-order valence-corrected chi connectivity index (χ0v) is 10.0. The Morgan fingerprint density at radius 1 is 1.17 bits per heavy atom. The predicted molar refractivity (Wildman–Crippen MR) is 70.1 cm³/mol. The topological polar surface area (TPSA) is 26.3 Å². The van der Waals surface area contributed by atoms with Crippen LogP contribution in [-0.2, 0) is 12.8 Å². The van der Waals surface area contributed by atoms with E-state index in [1.54, 1.807) is 6.07 Å². The zero-order chi connectivity index (χ0) is 12.4. The molecule has 0 fully saturated rings. The van der Waals surface area contributed by atoms with Gasteiger partial charge in [0.25, 0.3) is 0 Å². The molecule has 0 unspecified atom stereocenters. The van der Waals surface area contributed by atoms with Gasteiger partial charge >= 0.3 is 0 Å². The fourth-order valence-electron chi connectivity index (χ4n) is 2.40. The van der Waals surface area contributed by atoms with Crippen LogP contribution in [0.2, 0.25) is 0 Å². The molecule has 2 heteroatoms.